The van der Waals surface area contributed by atoms with Crippen LogP contribution in [0.15, 0.2) is 21.1 Å². The maximum Gasteiger partial charge on any atom is 0.135 e. The van der Waals surface area contributed by atoms with Gasteiger partial charge in [-0.15, -0.1) is 11.6 Å². The highest BCUT2D eigenvalue weighted by molar-refractivity contribution is 9.11. The fraction of sp³-hybridized carbons (Fsp3) is 0.500. The van der Waals surface area contributed by atoms with Crippen molar-refractivity contribution in [3.63, 3.8) is 0 Å². The van der Waals surface area contributed by atoms with Gasteiger partial charge in [-0.25, -0.2) is 0 Å². The third kappa shape index (κ3) is 2.79. The Balaban J connectivity index is 2.13. The average molecular weight is 400 g/mol. The lowest BCUT2D eigenvalue weighted by molar-refractivity contribution is -0.0586. The van der Waals surface area contributed by atoms with Gasteiger partial charge >= 0.3 is 0 Å². The molecule has 0 heterocycles. The zero-order valence-electron chi connectivity index (χ0n) is 9.95. The Labute approximate surface area is 128 Å². The highest BCUT2D eigenvalue weighted by Crippen LogP contribution is 2.39. The van der Waals surface area contributed by atoms with Crippen LogP contribution in [0.5, 0.6) is 11.5 Å². The number of halogens is 3. The van der Waals surface area contributed by atoms with Crippen LogP contribution < -0.4 is 9.47 Å². The number of benzene rings is 1. The molecule has 0 saturated heterocycles. The molecule has 0 aromatic heterocycles. The summed E-state index contributed by atoms with van der Waals surface area (Å²) in [6.07, 6.45) is 0.726. The molecule has 2 rings (SSSR count). The van der Waals surface area contributed by atoms with Gasteiger partial charge in [-0.3, -0.25) is 0 Å². The maximum absolute atomic E-state index is 6.05. The number of methoxy groups -OCH3 is 2. The molecule has 3 nitrogen and oxygen atoms in total. The van der Waals surface area contributed by atoms with Gasteiger partial charge < -0.3 is 14.2 Å². The summed E-state index contributed by atoms with van der Waals surface area (Å²) < 4.78 is 18.1. The summed E-state index contributed by atoms with van der Waals surface area (Å²) >= 11 is 12.9. The lowest BCUT2D eigenvalue weighted by atomic mass is 9.91. The Hall–Kier alpha value is 0.0300. The molecular formula is C12H13Br2ClO3. The Morgan fingerprint density at radius 1 is 1.17 bits per heavy atom. The molecule has 6 heteroatoms. The van der Waals surface area contributed by atoms with Crippen LogP contribution in [-0.2, 0) is 4.74 Å². The van der Waals surface area contributed by atoms with Crippen LogP contribution in [0.2, 0.25) is 0 Å². The first-order valence-electron chi connectivity index (χ1n) is 5.43. The number of ether oxygens (including phenoxy) is 3. The van der Waals surface area contributed by atoms with Gasteiger partial charge in [0.1, 0.15) is 23.7 Å². The van der Waals surface area contributed by atoms with Crippen LogP contribution in [0.3, 0.4) is 0 Å². The van der Waals surface area contributed by atoms with Gasteiger partial charge in [0.25, 0.3) is 0 Å². The first kappa shape index (κ1) is 14.4. The van der Waals surface area contributed by atoms with Gasteiger partial charge in [-0.2, -0.15) is 0 Å². The van der Waals surface area contributed by atoms with Gasteiger partial charge in [0.2, 0.25) is 0 Å². The van der Waals surface area contributed by atoms with E-state index >= 15 is 0 Å². The minimum absolute atomic E-state index is 0.00547. The Morgan fingerprint density at radius 2 is 1.78 bits per heavy atom. The maximum atomic E-state index is 6.05. The predicted octanol–water partition coefficient (Wildman–Crippen LogP) is 3.99. The summed E-state index contributed by atoms with van der Waals surface area (Å²) in [4.78, 5) is 0. The van der Waals surface area contributed by atoms with Crippen LogP contribution in [-0.4, -0.2) is 31.8 Å². The number of rotatable bonds is 4. The van der Waals surface area contributed by atoms with Crippen LogP contribution in [0.25, 0.3) is 0 Å². The second kappa shape index (κ2) is 5.99. The van der Waals surface area contributed by atoms with E-state index in [1.807, 2.05) is 12.1 Å². The van der Waals surface area contributed by atoms with Crippen molar-refractivity contribution in [2.75, 3.05) is 14.2 Å². The van der Waals surface area contributed by atoms with Crippen LogP contribution >= 0.6 is 43.5 Å². The van der Waals surface area contributed by atoms with E-state index < -0.39 is 0 Å². The molecule has 1 aliphatic rings. The fourth-order valence-electron chi connectivity index (χ4n) is 1.86. The third-order valence-electron chi connectivity index (χ3n) is 2.94. The van der Waals surface area contributed by atoms with E-state index in [1.54, 1.807) is 14.2 Å². The van der Waals surface area contributed by atoms with Crippen molar-refractivity contribution in [2.45, 2.75) is 24.0 Å². The molecular weight excluding hydrogens is 387 g/mol. The third-order valence-corrected chi connectivity index (χ3v) is 4.60. The number of alkyl halides is 1. The molecule has 1 aromatic carbocycles. The zero-order valence-corrected chi connectivity index (χ0v) is 13.9. The average Bonchev–Trinajstić information content (AvgIpc) is 2.32. The van der Waals surface area contributed by atoms with E-state index in [4.69, 9.17) is 25.8 Å². The van der Waals surface area contributed by atoms with Crippen molar-refractivity contribution in [3.8, 4) is 11.5 Å². The fourth-order valence-corrected chi connectivity index (χ4v) is 3.20. The molecule has 3 unspecified atom stereocenters. The molecule has 0 N–H and O–H groups in total. The van der Waals surface area contributed by atoms with E-state index in [2.05, 4.69) is 31.9 Å². The van der Waals surface area contributed by atoms with Gasteiger partial charge in [-0.05, 0) is 44.0 Å². The molecule has 0 bridgehead atoms. The SMILES string of the molecule is COc1cc(Br)c(OC2CC(Cl)C2OC)cc1Br. The first-order chi connectivity index (χ1) is 8.56. The van der Waals surface area contributed by atoms with Crippen molar-refractivity contribution in [1.29, 1.82) is 0 Å². The molecule has 0 spiro atoms. The summed E-state index contributed by atoms with van der Waals surface area (Å²) in [5, 5.41) is 0.0282. The summed E-state index contributed by atoms with van der Waals surface area (Å²) in [5.41, 5.74) is 0. The Bertz CT molecular complexity index is 442. The van der Waals surface area contributed by atoms with Crippen LogP contribution in [0, 0.1) is 0 Å². The van der Waals surface area contributed by atoms with Crippen molar-refractivity contribution >= 4 is 43.5 Å². The minimum Gasteiger partial charge on any atom is -0.496 e. The second-order valence-electron chi connectivity index (χ2n) is 4.03. The van der Waals surface area contributed by atoms with E-state index in [1.165, 1.54) is 0 Å². The van der Waals surface area contributed by atoms with E-state index in [-0.39, 0.29) is 17.6 Å². The lowest BCUT2D eigenvalue weighted by Gasteiger charge is -2.39. The second-order valence-corrected chi connectivity index (χ2v) is 6.29. The lowest BCUT2D eigenvalue weighted by Crippen LogP contribution is -2.52. The van der Waals surface area contributed by atoms with Crippen molar-refractivity contribution in [1.82, 2.24) is 0 Å². The molecule has 1 aromatic rings. The minimum atomic E-state index is -0.0561. The molecule has 0 aliphatic heterocycles. The summed E-state index contributed by atoms with van der Waals surface area (Å²) in [7, 11) is 3.27. The summed E-state index contributed by atoms with van der Waals surface area (Å²) in [5.74, 6) is 1.50. The molecule has 1 aliphatic carbocycles. The van der Waals surface area contributed by atoms with Gasteiger partial charge in [0.15, 0.2) is 0 Å². The van der Waals surface area contributed by atoms with Crippen LogP contribution in [0.4, 0.5) is 0 Å². The molecule has 0 radical (unpaired) electrons. The molecule has 1 saturated carbocycles. The molecule has 100 valence electrons. The normalized spacial score (nSPS) is 26.6. The van der Waals surface area contributed by atoms with E-state index in [0.29, 0.717) is 0 Å². The highest BCUT2D eigenvalue weighted by Gasteiger charge is 2.42. The summed E-state index contributed by atoms with van der Waals surface area (Å²) in [6.45, 7) is 0. The Morgan fingerprint density at radius 3 is 2.33 bits per heavy atom. The molecule has 0 amide bonds. The zero-order chi connectivity index (χ0) is 13.3. The number of hydrogen-bond donors (Lipinski definition) is 0. The monoisotopic (exact) mass is 398 g/mol. The smallest absolute Gasteiger partial charge is 0.135 e. The topological polar surface area (TPSA) is 27.7 Å². The molecule has 1 fully saturated rings. The largest absolute Gasteiger partial charge is 0.496 e. The van der Waals surface area contributed by atoms with Gasteiger partial charge in [0, 0.05) is 13.5 Å². The van der Waals surface area contributed by atoms with Crippen molar-refractivity contribution < 1.29 is 14.2 Å². The summed E-state index contributed by atoms with van der Waals surface area (Å²) in [6, 6.07) is 3.73. The quantitative estimate of drug-likeness (QED) is 0.716. The van der Waals surface area contributed by atoms with Crippen LogP contribution in [0.1, 0.15) is 6.42 Å². The highest BCUT2D eigenvalue weighted by atomic mass is 79.9. The number of hydrogen-bond acceptors (Lipinski definition) is 3. The molecule has 3 atom stereocenters. The first-order valence-corrected chi connectivity index (χ1v) is 7.45. The standard InChI is InChI=1S/C12H13Br2ClO3/c1-16-9-3-7(14)10(4-6(9)13)18-11-5-8(15)12(11)17-2/h3-4,8,11-12H,5H2,1-2H3. The van der Waals surface area contributed by atoms with E-state index in [0.717, 1.165) is 26.9 Å². The predicted molar refractivity (Wildman–Crippen MR) is 77.9 cm³/mol. The Kier molecular flexibility index (Phi) is 4.80. The van der Waals surface area contributed by atoms with Crippen molar-refractivity contribution in [2.24, 2.45) is 0 Å². The van der Waals surface area contributed by atoms with Gasteiger partial charge in [0.05, 0.1) is 21.4 Å². The molecule has 18 heavy (non-hydrogen) atoms. The van der Waals surface area contributed by atoms with Crippen molar-refractivity contribution in [3.05, 3.63) is 21.1 Å². The van der Waals surface area contributed by atoms with E-state index in [9.17, 15) is 0 Å². The van der Waals surface area contributed by atoms with Gasteiger partial charge in [-0.1, -0.05) is 0 Å².